The number of allylic oxidation sites excluding steroid dienone is 2. The SMILES string of the molecule is Bc1ccc(OC(=O)Nc2cc(N(C)C)c3c(c2O)C(=O)C2=C(O)[C@]4(O)C(=O)C(C(N)=O)=C(O)C[C@@H]4C[C@@H]2C3)cc1. The molecule has 212 valence electrons. The zero-order valence-corrected chi connectivity index (χ0v) is 22.5. The Morgan fingerprint density at radius 2 is 1.78 bits per heavy atom. The van der Waals surface area contributed by atoms with Crippen LogP contribution in [0.3, 0.4) is 0 Å². The van der Waals surface area contributed by atoms with Crippen LogP contribution in [-0.4, -0.2) is 71.5 Å². The second kappa shape index (κ2) is 9.70. The molecule has 0 spiro atoms. The minimum atomic E-state index is -2.66. The summed E-state index contributed by atoms with van der Waals surface area (Å²) >= 11 is 0. The number of nitrogens with two attached hydrogens (primary N) is 1. The van der Waals surface area contributed by atoms with Gasteiger partial charge >= 0.3 is 6.09 Å². The number of phenolic OH excluding ortho intramolecular Hbond substituents is 1. The molecule has 0 heterocycles. The summed E-state index contributed by atoms with van der Waals surface area (Å²) in [6, 6.07) is 8.18. The van der Waals surface area contributed by atoms with Crippen LogP contribution in [0.5, 0.6) is 11.5 Å². The van der Waals surface area contributed by atoms with Gasteiger partial charge in [0.2, 0.25) is 5.78 Å². The van der Waals surface area contributed by atoms with E-state index in [0.29, 0.717) is 11.3 Å². The number of ketones is 2. The maximum absolute atomic E-state index is 13.9. The summed E-state index contributed by atoms with van der Waals surface area (Å²) in [7, 11) is 5.29. The van der Waals surface area contributed by atoms with E-state index in [1.807, 2.05) is 7.85 Å². The topological polar surface area (TPSA) is 200 Å². The Hall–Kier alpha value is -4.78. The second-order valence-electron chi connectivity index (χ2n) is 10.8. The number of benzene rings is 2. The Morgan fingerprint density at radius 3 is 2.39 bits per heavy atom. The van der Waals surface area contributed by atoms with E-state index in [2.05, 4.69) is 5.32 Å². The number of aromatic hydroxyl groups is 1. The Kier molecular flexibility index (Phi) is 6.57. The van der Waals surface area contributed by atoms with E-state index in [1.54, 1.807) is 43.3 Å². The van der Waals surface area contributed by atoms with Gasteiger partial charge in [-0.15, -0.1) is 0 Å². The van der Waals surface area contributed by atoms with Crippen LogP contribution in [0, 0.1) is 11.8 Å². The molecule has 41 heavy (non-hydrogen) atoms. The summed E-state index contributed by atoms with van der Waals surface area (Å²) in [5.74, 6) is -7.02. The lowest BCUT2D eigenvalue weighted by molar-refractivity contribution is -0.144. The number of phenols is 1. The molecule has 0 bridgehead atoms. The van der Waals surface area contributed by atoms with Crippen LogP contribution in [0.4, 0.5) is 16.2 Å². The molecule has 5 rings (SSSR count). The number of primary amides is 1. The molecule has 2 aromatic rings. The van der Waals surface area contributed by atoms with E-state index in [1.165, 1.54) is 6.07 Å². The third-order valence-electron chi connectivity index (χ3n) is 7.99. The molecule has 7 N–H and O–H groups in total. The molecular weight excluding hydrogens is 533 g/mol. The number of amides is 2. The highest BCUT2D eigenvalue weighted by atomic mass is 16.6. The van der Waals surface area contributed by atoms with Gasteiger partial charge in [0.25, 0.3) is 5.91 Å². The number of carbonyl (C=O) groups is 4. The number of fused-ring (bicyclic) bond motifs is 3. The first-order chi connectivity index (χ1) is 19.2. The summed E-state index contributed by atoms with van der Waals surface area (Å²) in [6.07, 6.45) is -1.10. The zero-order chi connectivity index (χ0) is 30.0. The van der Waals surface area contributed by atoms with Crippen molar-refractivity contribution in [3.63, 3.8) is 0 Å². The summed E-state index contributed by atoms with van der Waals surface area (Å²) in [4.78, 5) is 53.2. The first-order valence-corrected chi connectivity index (χ1v) is 12.8. The number of hydrogen-bond donors (Lipinski definition) is 6. The van der Waals surface area contributed by atoms with Gasteiger partial charge in [0.1, 0.15) is 30.7 Å². The fraction of sp³-hybridized carbons (Fsp3) is 0.286. The van der Waals surface area contributed by atoms with Gasteiger partial charge in [-0.2, -0.15) is 0 Å². The minimum Gasteiger partial charge on any atom is -0.511 e. The molecule has 0 saturated heterocycles. The van der Waals surface area contributed by atoms with E-state index < -0.39 is 63.8 Å². The number of anilines is 2. The molecule has 0 aliphatic heterocycles. The molecule has 3 atom stereocenters. The summed E-state index contributed by atoms with van der Waals surface area (Å²) in [5, 5.41) is 46.6. The molecule has 0 aromatic heterocycles. The predicted molar refractivity (Wildman–Crippen MR) is 149 cm³/mol. The van der Waals surface area contributed by atoms with Crippen LogP contribution in [-0.2, 0) is 16.0 Å². The zero-order valence-electron chi connectivity index (χ0n) is 22.5. The summed E-state index contributed by atoms with van der Waals surface area (Å²) in [6.45, 7) is 0. The molecule has 0 fully saturated rings. The van der Waals surface area contributed by atoms with Gasteiger partial charge in [-0.25, -0.2) is 4.79 Å². The van der Waals surface area contributed by atoms with Gasteiger partial charge in [-0.05, 0) is 42.5 Å². The molecule has 0 saturated carbocycles. The maximum atomic E-state index is 13.9. The van der Waals surface area contributed by atoms with Gasteiger partial charge in [0.15, 0.2) is 17.1 Å². The van der Waals surface area contributed by atoms with E-state index in [4.69, 9.17) is 10.5 Å². The van der Waals surface area contributed by atoms with Gasteiger partial charge in [0, 0.05) is 37.7 Å². The van der Waals surface area contributed by atoms with Crippen LogP contribution < -0.4 is 26.2 Å². The van der Waals surface area contributed by atoms with Crippen molar-refractivity contribution in [2.75, 3.05) is 24.3 Å². The molecule has 0 radical (unpaired) electrons. The largest absolute Gasteiger partial charge is 0.511 e. The number of ether oxygens (including phenoxy) is 1. The predicted octanol–water partition coefficient (Wildman–Crippen LogP) is 0.516. The van der Waals surface area contributed by atoms with Crippen LogP contribution in [0.1, 0.15) is 28.8 Å². The van der Waals surface area contributed by atoms with Gasteiger partial charge in [0.05, 0.1) is 11.3 Å². The van der Waals surface area contributed by atoms with Crippen molar-refractivity contribution in [1.29, 1.82) is 0 Å². The van der Waals surface area contributed by atoms with Crippen LogP contribution >= 0.6 is 0 Å². The van der Waals surface area contributed by atoms with E-state index in [9.17, 15) is 39.6 Å². The van der Waals surface area contributed by atoms with Gasteiger partial charge < -0.3 is 35.8 Å². The lowest BCUT2D eigenvalue weighted by atomic mass is 9.60. The number of aliphatic hydroxyl groups is 3. The van der Waals surface area contributed by atoms with Crippen molar-refractivity contribution >= 4 is 48.3 Å². The van der Waals surface area contributed by atoms with Crippen molar-refractivity contribution in [2.45, 2.75) is 24.9 Å². The quantitative estimate of drug-likeness (QED) is 0.174. The number of rotatable bonds is 4. The lowest BCUT2D eigenvalue weighted by Crippen LogP contribution is -2.57. The molecule has 3 aliphatic carbocycles. The smallest absolute Gasteiger partial charge is 0.417 e. The number of aliphatic hydroxyl groups excluding tert-OH is 2. The van der Waals surface area contributed by atoms with E-state index in [-0.39, 0.29) is 41.8 Å². The first-order valence-electron chi connectivity index (χ1n) is 12.8. The number of nitrogens with zero attached hydrogens (tertiary/aromatic N) is 1. The average molecular weight is 561 g/mol. The fourth-order valence-electron chi connectivity index (χ4n) is 6.01. The molecule has 13 heteroatoms. The number of carbonyl (C=O) groups excluding carboxylic acids is 4. The Bertz CT molecular complexity index is 1600. The highest BCUT2D eigenvalue weighted by Gasteiger charge is 2.59. The lowest BCUT2D eigenvalue weighted by Gasteiger charge is -2.45. The van der Waals surface area contributed by atoms with E-state index >= 15 is 0 Å². The van der Waals surface area contributed by atoms with Gasteiger partial charge in [-0.1, -0.05) is 17.6 Å². The van der Waals surface area contributed by atoms with Crippen molar-refractivity contribution in [1.82, 2.24) is 0 Å². The first kappa shape index (κ1) is 27.8. The Balaban J connectivity index is 1.58. The van der Waals surface area contributed by atoms with Crippen LogP contribution in [0.25, 0.3) is 0 Å². The Morgan fingerprint density at radius 1 is 1.12 bits per heavy atom. The number of Topliss-reactive ketones (excluding diaryl/α,β-unsaturated/α-hetero) is 2. The second-order valence-corrected chi connectivity index (χ2v) is 10.8. The minimum absolute atomic E-state index is 0.0133. The van der Waals surface area contributed by atoms with E-state index in [0.717, 1.165) is 5.46 Å². The van der Waals surface area contributed by atoms with Crippen molar-refractivity contribution in [3.05, 3.63) is 64.1 Å². The average Bonchev–Trinajstić information content (AvgIpc) is 2.88. The molecule has 3 aliphatic rings. The fourth-order valence-corrected chi connectivity index (χ4v) is 6.01. The number of nitrogens with one attached hydrogen (secondary N) is 1. The summed E-state index contributed by atoms with van der Waals surface area (Å²) in [5.41, 5.74) is 2.96. The van der Waals surface area contributed by atoms with Gasteiger partial charge in [-0.3, -0.25) is 19.7 Å². The molecule has 2 amide bonds. The van der Waals surface area contributed by atoms with Crippen molar-refractivity contribution < 1.29 is 44.3 Å². The highest BCUT2D eigenvalue weighted by Crippen LogP contribution is 2.53. The summed E-state index contributed by atoms with van der Waals surface area (Å²) < 4.78 is 5.28. The Labute approximate surface area is 235 Å². The third-order valence-corrected chi connectivity index (χ3v) is 7.99. The van der Waals surface area contributed by atoms with Crippen molar-refractivity contribution in [3.8, 4) is 11.5 Å². The standard InChI is InChI=1S/C28H28BN3O9/c1-32(2)17-10-16(31-27(39)41-14-5-3-13(29)4-6-14)22(34)20-15(17)8-11-7-12-9-18(33)21(26(30)38)25(37)28(12,40)24(36)19(11)23(20)35/h3-6,10-12,33-34,36,40H,7-9,29H2,1-2H3,(H2,30,38)(H,31,39)/t11-,12+,28+/m1/s1. The normalized spacial score (nSPS) is 23.4. The highest BCUT2D eigenvalue weighted by molar-refractivity contribution is 6.32. The van der Waals surface area contributed by atoms with Crippen LogP contribution in [0.2, 0.25) is 0 Å². The third kappa shape index (κ3) is 4.29. The molecule has 12 nitrogen and oxygen atoms in total. The molecular formula is C28H28BN3O9. The number of hydrogen-bond acceptors (Lipinski definition) is 10. The van der Waals surface area contributed by atoms with Crippen LogP contribution in [0.15, 0.2) is 53.0 Å². The monoisotopic (exact) mass is 561 g/mol. The maximum Gasteiger partial charge on any atom is 0.417 e. The van der Waals surface area contributed by atoms with Crippen molar-refractivity contribution in [2.24, 2.45) is 17.6 Å². The molecule has 2 aromatic carbocycles. The molecule has 0 unspecified atom stereocenters.